The van der Waals surface area contributed by atoms with Crippen LogP contribution in [-0.2, 0) is 10.3 Å². The van der Waals surface area contributed by atoms with E-state index in [9.17, 15) is 9.90 Å². The molecule has 1 atom stereocenters. The predicted molar refractivity (Wildman–Crippen MR) is 89.7 cm³/mol. The lowest BCUT2D eigenvalue weighted by molar-refractivity contribution is 0.0525. The highest BCUT2D eigenvalue weighted by molar-refractivity contribution is 6.31. The van der Waals surface area contributed by atoms with Crippen LogP contribution < -0.4 is 5.32 Å². The van der Waals surface area contributed by atoms with E-state index < -0.39 is 11.6 Å². The second-order valence-electron chi connectivity index (χ2n) is 5.26. The molecule has 0 fully saturated rings. The van der Waals surface area contributed by atoms with Crippen LogP contribution in [0.4, 0.5) is 5.82 Å². The van der Waals surface area contributed by atoms with Crippen molar-refractivity contribution in [3.05, 3.63) is 58.7 Å². The number of esters is 1. The topological polar surface area (TPSA) is 71.5 Å². The molecular weight excluding hydrogens is 316 g/mol. The van der Waals surface area contributed by atoms with Crippen molar-refractivity contribution in [1.29, 1.82) is 0 Å². The number of anilines is 1. The van der Waals surface area contributed by atoms with E-state index in [0.29, 0.717) is 28.6 Å². The number of nitrogens with zero attached hydrogens (tertiary/aromatic N) is 1. The molecule has 0 aliphatic heterocycles. The van der Waals surface area contributed by atoms with Crippen molar-refractivity contribution >= 4 is 23.4 Å². The summed E-state index contributed by atoms with van der Waals surface area (Å²) in [7, 11) is 0. The van der Waals surface area contributed by atoms with Crippen molar-refractivity contribution in [2.24, 2.45) is 0 Å². The van der Waals surface area contributed by atoms with E-state index >= 15 is 0 Å². The molecule has 0 saturated heterocycles. The first-order valence-electron chi connectivity index (χ1n) is 7.28. The van der Waals surface area contributed by atoms with Crippen LogP contribution in [-0.4, -0.2) is 29.2 Å². The second-order valence-corrected chi connectivity index (χ2v) is 5.67. The fourth-order valence-electron chi connectivity index (χ4n) is 2.09. The van der Waals surface area contributed by atoms with Gasteiger partial charge in [-0.3, -0.25) is 0 Å². The van der Waals surface area contributed by atoms with E-state index in [4.69, 9.17) is 16.3 Å². The highest BCUT2D eigenvalue weighted by Gasteiger charge is 2.25. The summed E-state index contributed by atoms with van der Waals surface area (Å²) in [6.07, 6.45) is 1.44. The number of carbonyl (C=O) groups excluding carboxylic acids is 1. The maximum atomic E-state index is 11.6. The standard InChI is InChI=1S/C17H19ClN2O3/c1-3-23-16(21)12-8-9-15(19-10-12)20-11-17(2,22)13-6-4-5-7-14(13)18/h4-10,22H,3,11H2,1-2H3,(H,19,20). The maximum Gasteiger partial charge on any atom is 0.339 e. The molecule has 5 nitrogen and oxygen atoms in total. The van der Waals surface area contributed by atoms with Crippen LogP contribution in [0.3, 0.4) is 0 Å². The Morgan fingerprint density at radius 2 is 2.09 bits per heavy atom. The van der Waals surface area contributed by atoms with Gasteiger partial charge in [-0.2, -0.15) is 0 Å². The van der Waals surface area contributed by atoms with Crippen LogP contribution >= 0.6 is 11.6 Å². The Balaban J connectivity index is 2.03. The van der Waals surface area contributed by atoms with Gasteiger partial charge in [-0.25, -0.2) is 9.78 Å². The number of nitrogens with one attached hydrogen (secondary N) is 1. The summed E-state index contributed by atoms with van der Waals surface area (Å²) in [4.78, 5) is 15.7. The van der Waals surface area contributed by atoms with Crippen molar-refractivity contribution < 1.29 is 14.6 Å². The van der Waals surface area contributed by atoms with E-state index in [1.165, 1.54) is 6.20 Å². The van der Waals surface area contributed by atoms with Gasteiger partial charge in [0, 0.05) is 23.3 Å². The van der Waals surface area contributed by atoms with Gasteiger partial charge in [0.25, 0.3) is 0 Å². The molecule has 1 aromatic carbocycles. The first-order valence-corrected chi connectivity index (χ1v) is 7.66. The molecule has 2 N–H and O–H groups in total. The third-order valence-corrected chi connectivity index (χ3v) is 3.67. The van der Waals surface area contributed by atoms with Crippen LogP contribution in [0.25, 0.3) is 0 Å². The lowest BCUT2D eigenvalue weighted by Crippen LogP contribution is -2.31. The molecule has 23 heavy (non-hydrogen) atoms. The van der Waals surface area contributed by atoms with Crippen molar-refractivity contribution in [3.8, 4) is 0 Å². The van der Waals surface area contributed by atoms with Gasteiger partial charge in [-0.1, -0.05) is 29.8 Å². The summed E-state index contributed by atoms with van der Waals surface area (Å²) in [6.45, 7) is 3.97. The second kappa shape index (κ2) is 7.44. The van der Waals surface area contributed by atoms with Gasteiger partial charge in [-0.05, 0) is 32.0 Å². The third kappa shape index (κ3) is 4.43. The molecule has 2 rings (SSSR count). The van der Waals surface area contributed by atoms with Crippen LogP contribution in [0.15, 0.2) is 42.6 Å². The minimum Gasteiger partial charge on any atom is -0.462 e. The largest absolute Gasteiger partial charge is 0.462 e. The van der Waals surface area contributed by atoms with E-state index in [1.807, 2.05) is 12.1 Å². The van der Waals surface area contributed by atoms with Crippen molar-refractivity contribution in [2.45, 2.75) is 19.4 Å². The highest BCUT2D eigenvalue weighted by atomic mass is 35.5. The smallest absolute Gasteiger partial charge is 0.339 e. The fourth-order valence-corrected chi connectivity index (χ4v) is 2.43. The maximum absolute atomic E-state index is 11.6. The first-order chi connectivity index (χ1) is 10.9. The van der Waals surface area contributed by atoms with Gasteiger partial charge >= 0.3 is 5.97 Å². The Morgan fingerprint density at radius 3 is 2.70 bits per heavy atom. The van der Waals surface area contributed by atoms with Gasteiger partial charge < -0.3 is 15.2 Å². The van der Waals surface area contributed by atoms with Crippen molar-refractivity contribution in [3.63, 3.8) is 0 Å². The van der Waals surface area contributed by atoms with Crippen LogP contribution in [0.5, 0.6) is 0 Å². The molecule has 1 unspecified atom stereocenters. The SMILES string of the molecule is CCOC(=O)c1ccc(NCC(C)(O)c2ccccc2Cl)nc1. The Kier molecular flexibility index (Phi) is 5.58. The third-order valence-electron chi connectivity index (χ3n) is 3.34. The van der Waals surface area contributed by atoms with Crippen LogP contribution in [0.1, 0.15) is 29.8 Å². The molecule has 2 aromatic rings. The lowest BCUT2D eigenvalue weighted by atomic mass is 9.96. The van der Waals surface area contributed by atoms with Crippen molar-refractivity contribution in [2.75, 3.05) is 18.5 Å². The number of carbonyl (C=O) groups is 1. The molecule has 0 spiro atoms. The predicted octanol–water partition coefficient (Wildman–Crippen LogP) is 3.23. The molecule has 0 bridgehead atoms. The van der Waals surface area contributed by atoms with Gasteiger partial charge in [0.15, 0.2) is 0 Å². The molecule has 1 heterocycles. The van der Waals surface area contributed by atoms with Gasteiger partial charge in [0.2, 0.25) is 0 Å². The Morgan fingerprint density at radius 1 is 1.35 bits per heavy atom. The fraction of sp³-hybridized carbons (Fsp3) is 0.294. The minimum atomic E-state index is -1.15. The quantitative estimate of drug-likeness (QED) is 0.794. The Bertz CT molecular complexity index is 672. The average Bonchev–Trinajstić information content (AvgIpc) is 2.54. The zero-order valence-corrected chi connectivity index (χ0v) is 13.8. The van der Waals surface area contributed by atoms with Gasteiger partial charge in [0.05, 0.1) is 12.2 Å². The molecule has 0 aliphatic rings. The summed E-state index contributed by atoms with van der Waals surface area (Å²) >= 11 is 6.12. The number of aliphatic hydroxyl groups is 1. The Labute approximate surface area is 140 Å². The van der Waals surface area contributed by atoms with Gasteiger partial charge in [0.1, 0.15) is 11.4 Å². The summed E-state index contributed by atoms with van der Waals surface area (Å²) in [5.74, 6) is 0.139. The van der Waals surface area contributed by atoms with Crippen LogP contribution in [0, 0.1) is 0 Å². The number of pyridine rings is 1. The molecule has 0 aliphatic carbocycles. The van der Waals surface area contributed by atoms with E-state index in [1.54, 1.807) is 38.1 Å². The molecule has 122 valence electrons. The highest BCUT2D eigenvalue weighted by Crippen LogP contribution is 2.27. The Hall–Kier alpha value is -2.11. The number of aromatic nitrogens is 1. The average molecular weight is 335 g/mol. The zero-order valence-electron chi connectivity index (χ0n) is 13.0. The van der Waals surface area contributed by atoms with E-state index in [-0.39, 0.29) is 6.54 Å². The number of hydrogen-bond donors (Lipinski definition) is 2. The first kappa shape index (κ1) is 17.2. The lowest BCUT2D eigenvalue weighted by Gasteiger charge is -2.25. The molecule has 0 amide bonds. The van der Waals surface area contributed by atoms with Crippen molar-refractivity contribution in [1.82, 2.24) is 4.98 Å². The molecular formula is C17H19ClN2O3. The number of halogens is 1. The monoisotopic (exact) mass is 334 g/mol. The molecule has 1 aromatic heterocycles. The summed E-state index contributed by atoms with van der Waals surface area (Å²) in [6, 6.07) is 10.4. The molecule has 0 saturated carbocycles. The number of benzene rings is 1. The summed E-state index contributed by atoms with van der Waals surface area (Å²) in [5, 5.41) is 14.1. The minimum absolute atomic E-state index is 0.225. The van der Waals surface area contributed by atoms with Gasteiger partial charge in [-0.15, -0.1) is 0 Å². The molecule has 6 heteroatoms. The summed E-state index contributed by atoms with van der Waals surface area (Å²) < 4.78 is 4.90. The summed E-state index contributed by atoms with van der Waals surface area (Å²) in [5.41, 5.74) is -0.132. The zero-order chi connectivity index (χ0) is 16.9. The van der Waals surface area contributed by atoms with Crippen LogP contribution in [0.2, 0.25) is 5.02 Å². The molecule has 0 radical (unpaired) electrons. The number of ether oxygens (including phenoxy) is 1. The van der Waals surface area contributed by atoms with E-state index in [0.717, 1.165) is 0 Å². The number of rotatable bonds is 6. The van der Waals surface area contributed by atoms with E-state index in [2.05, 4.69) is 10.3 Å². The normalized spacial score (nSPS) is 13.2. The number of hydrogen-bond acceptors (Lipinski definition) is 5.